The summed E-state index contributed by atoms with van der Waals surface area (Å²) in [7, 11) is 0. The van der Waals surface area contributed by atoms with Gasteiger partial charge in [-0.2, -0.15) is 13.2 Å². The van der Waals surface area contributed by atoms with Gasteiger partial charge in [-0.25, -0.2) is 14.8 Å². The molecule has 0 bridgehead atoms. The van der Waals surface area contributed by atoms with Gasteiger partial charge in [0.2, 0.25) is 0 Å². The first kappa shape index (κ1) is 20.4. The van der Waals surface area contributed by atoms with Gasteiger partial charge in [-0.05, 0) is 30.7 Å². The molecule has 150 valence electrons. The molecule has 29 heavy (non-hydrogen) atoms. The third kappa shape index (κ3) is 4.74. The van der Waals surface area contributed by atoms with Crippen molar-refractivity contribution in [2.75, 3.05) is 11.9 Å². The first-order valence-electron chi connectivity index (χ1n) is 8.31. The molecule has 3 heterocycles. The smallest absolute Gasteiger partial charge is 0.338 e. The molecule has 11 heteroatoms. The molecule has 0 atom stereocenters. The summed E-state index contributed by atoms with van der Waals surface area (Å²) in [6, 6.07) is 4.02. The number of nitrogens with zero attached hydrogens (tertiary/aromatic N) is 3. The Balaban J connectivity index is 2.11. The minimum Gasteiger partial charge on any atom is -0.338 e. The molecule has 0 fully saturated rings. The molecule has 0 aliphatic heterocycles. The number of aromatic nitrogens is 3. The Hall–Kier alpha value is -3.34. The lowest BCUT2D eigenvalue weighted by atomic mass is 10.0. The van der Waals surface area contributed by atoms with Crippen LogP contribution in [0.4, 0.5) is 23.8 Å². The minimum atomic E-state index is -4.58. The van der Waals surface area contributed by atoms with Gasteiger partial charge in [0, 0.05) is 35.4 Å². The number of anilines is 1. The van der Waals surface area contributed by atoms with Crippen molar-refractivity contribution in [3.05, 3.63) is 47.4 Å². The van der Waals surface area contributed by atoms with Crippen LogP contribution in [0.25, 0.3) is 21.7 Å². The quantitative estimate of drug-likeness (QED) is 0.601. The molecule has 7 nitrogen and oxygen atoms in total. The summed E-state index contributed by atoms with van der Waals surface area (Å²) in [5.74, 6) is 0.142. The van der Waals surface area contributed by atoms with Gasteiger partial charge < -0.3 is 5.32 Å². The number of rotatable bonds is 5. The molecule has 3 rings (SSSR count). The highest BCUT2D eigenvalue weighted by atomic mass is 32.1. The zero-order valence-electron chi connectivity index (χ0n) is 14.9. The van der Waals surface area contributed by atoms with Crippen LogP contribution in [0.1, 0.15) is 23.1 Å². The van der Waals surface area contributed by atoms with Crippen LogP contribution in [-0.2, 0) is 6.18 Å². The molecule has 2 amide bonds. The Morgan fingerprint density at radius 2 is 2.03 bits per heavy atom. The van der Waals surface area contributed by atoms with Gasteiger partial charge in [0.05, 0.1) is 0 Å². The Kier molecular flexibility index (Phi) is 5.87. The number of alkyl halides is 3. The Labute approximate surface area is 167 Å². The third-order valence-corrected chi connectivity index (χ3v) is 4.60. The number of thiazole rings is 1. The van der Waals surface area contributed by atoms with Gasteiger partial charge in [0.25, 0.3) is 0 Å². The van der Waals surface area contributed by atoms with Crippen molar-refractivity contribution in [1.29, 1.82) is 0 Å². The van der Waals surface area contributed by atoms with E-state index in [1.807, 2.05) is 0 Å². The highest BCUT2D eigenvalue weighted by Gasteiger charge is 2.34. The average Bonchev–Trinajstić information content (AvgIpc) is 3.19. The molecule has 3 aromatic heterocycles. The topological polar surface area (TPSA) is 96.9 Å². The van der Waals surface area contributed by atoms with E-state index in [0.29, 0.717) is 29.5 Å². The van der Waals surface area contributed by atoms with Crippen LogP contribution < -0.4 is 10.6 Å². The Morgan fingerprint density at radius 3 is 2.69 bits per heavy atom. The average molecular weight is 421 g/mol. The number of hydrogen-bond acceptors (Lipinski definition) is 6. The van der Waals surface area contributed by atoms with Crippen molar-refractivity contribution < 1.29 is 22.8 Å². The summed E-state index contributed by atoms with van der Waals surface area (Å²) >= 11 is 0.814. The molecule has 0 saturated carbocycles. The fraction of sp³-hybridized carbons (Fsp3) is 0.167. The molecule has 0 saturated heterocycles. The van der Waals surface area contributed by atoms with Crippen molar-refractivity contribution in [3.63, 3.8) is 0 Å². The second-order valence-electron chi connectivity index (χ2n) is 5.72. The number of carbonyl (C=O) groups excluding carboxylic acids is 2. The summed E-state index contributed by atoms with van der Waals surface area (Å²) in [6.07, 6.45) is -1.21. The monoisotopic (exact) mass is 421 g/mol. The number of carbonyl (C=O) groups is 2. The summed E-state index contributed by atoms with van der Waals surface area (Å²) < 4.78 is 39.0. The summed E-state index contributed by atoms with van der Waals surface area (Å²) in [5.41, 5.74) is 0.447. The maximum Gasteiger partial charge on any atom is 0.434 e. The van der Waals surface area contributed by atoms with Gasteiger partial charge in [-0.15, -0.1) is 11.3 Å². The fourth-order valence-corrected chi connectivity index (χ4v) is 3.32. The zero-order valence-corrected chi connectivity index (χ0v) is 15.8. The molecular weight excluding hydrogens is 407 g/mol. The first-order chi connectivity index (χ1) is 13.8. The molecule has 0 aliphatic rings. The lowest BCUT2D eigenvalue weighted by Crippen LogP contribution is -2.28. The van der Waals surface area contributed by atoms with Crippen LogP contribution in [0.2, 0.25) is 0 Å². The van der Waals surface area contributed by atoms with Crippen LogP contribution in [0.3, 0.4) is 0 Å². The van der Waals surface area contributed by atoms with E-state index < -0.39 is 17.9 Å². The standard InChI is InChI=1S/C18H14F3N5O2S/c1-2-22-17(28)26-15-6-12(16-25-14(9-29-16)18(19,20)21)13(7-24-15)10-3-4-23-11(5-10)8-27/h3-9H,2H2,1H3,(H2,22,24,26,28). The van der Waals surface area contributed by atoms with Crippen LogP contribution in [0.15, 0.2) is 36.0 Å². The Bertz CT molecular complexity index is 1050. The molecule has 0 radical (unpaired) electrons. The van der Waals surface area contributed by atoms with Crippen molar-refractivity contribution >= 4 is 29.5 Å². The normalized spacial score (nSPS) is 11.2. The van der Waals surface area contributed by atoms with Crippen LogP contribution in [-0.4, -0.2) is 33.8 Å². The number of amides is 2. The van der Waals surface area contributed by atoms with Crippen molar-refractivity contribution in [3.8, 4) is 21.7 Å². The van der Waals surface area contributed by atoms with E-state index in [9.17, 15) is 22.8 Å². The molecule has 0 unspecified atom stereocenters. The van der Waals surface area contributed by atoms with Crippen molar-refractivity contribution in [1.82, 2.24) is 20.3 Å². The van der Waals surface area contributed by atoms with Gasteiger partial charge in [0.15, 0.2) is 12.0 Å². The van der Waals surface area contributed by atoms with Gasteiger partial charge in [-0.3, -0.25) is 15.1 Å². The maximum atomic E-state index is 13.0. The molecule has 0 spiro atoms. The largest absolute Gasteiger partial charge is 0.434 e. The highest BCUT2D eigenvalue weighted by Crippen LogP contribution is 2.38. The van der Waals surface area contributed by atoms with E-state index >= 15 is 0 Å². The molecule has 0 aliphatic carbocycles. The van der Waals surface area contributed by atoms with Gasteiger partial charge in [-0.1, -0.05) is 0 Å². The van der Waals surface area contributed by atoms with Gasteiger partial charge in [0.1, 0.15) is 16.5 Å². The number of urea groups is 1. The predicted octanol–water partition coefficient (Wildman–Crippen LogP) is 4.24. The SMILES string of the molecule is CCNC(=O)Nc1cc(-c2nc(C(F)(F)F)cs2)c(-c2ccnc(C=O)c2)cn1. The second-order valence-corrected chi connectivity index (χ2v) is 6.58. The van der Waals surface area contributed by atoms with Crippen LogP contribution in [0.5, 0.6) is 0 Å². The summed E-state index contributed by atoms with van der Waals surface area (Å²) in [4.78, 5) is 34.5. The number of pyridine rings is 2. The highest BCUT2D eigenvalue weighted by molar-refractivity contribution is 7.13. The molecule has 0 aromatic carbocycles. The van der Waals surface area contributed by atoms with E-state index in [1.165, 1.54) is 24.5 Å². The van der Waals surface area contributed by atoms with Crippen LogP contribution in [0, 0.1) is 0 Å². The lowest BCUT2D eigenvalue weighted by Gasteiger charge is -2.11. The molecule has 3 aromatic rings. The number of halogens is 3. The van der Waals surface area contributed by atoms with E-state index in [1.54, 1.807) is 13.0 Å². The van der Waals surface area contributed by atoms with E-state index in [-0.39, 0.29) is 16.5 Å². The van der Waals surface area contributed by atoms with E-state index in [2.05, 4.69) is 25.6 Å². The van der Waals surface area contributed by atoms with Crippen LogP contribution >= 0.6 is 11.3 Å². The zero-order chi connectivity index (χ0) is 21.0. The first-order valence-corrected chi connectivity index (χ1v) is 9.19. The van der Waals surface area contributed by atoms with Gasteiger partial charge >= 0.3 is 12.2 Å². The number of nitrogens with one attached hydrogen (secondary N) is 2. The Morgan fingerprint density at radius 1 is 1.24 bits per heavy atom. The summed E-state index contributed by atoms with van der Waals surface area (Å²) in [6.45, 7) is 2.13. The predicted molar refractivity (Wildman–Crippen MR) is 102 cm³/mol. The third-order valence-electron chi connectivity index (χ3n) is 3.72. The lowest BCUT2D eigenvalue weighted by molar-refractivity contribution is -0.140. The number of hydrogen-bond donors (Lipinski definition) is 2. The van der Waals surface area contributed by atoms with E-state index in [4.69, 9.17) is 0 Å². The maximum absolute atomic E-state index is 13.0. The molecular formula is C18H14F3N5O2S. The van der Waals surface area contributed by atoms with Crippen molar-refractivity contribution in [2.24, 2.45) is 0 Å². The number of aldehydes is 1. The molecule has 2 N–H and O–H groups in total. The summed E-state index contributed by atoms with van der Waals surface area (Å²) in [5, 5.41) is 6.07. The van der Waals surface area contributed by atoms with Crippen molar-refractivity contribution in [2.45, 2.75) is 13.1 Å². The fourth-order valence-electron chi connectivity index (χ4n) is 2.46. The van der Waals surface area contributed by atoms with E-state index in [0.717, 1.165) is 16.7 Å². The minimum absolute atomic E-state index is 0.0955. The second kappa shape index (κ2) is 8.35.